The lowest BCUT2D eigenvalue weighted by atomic mass is 9.88. The highest BCUT2D eigenvalue weighted by molar-refractivity contribution is 6.46. The van der Waals surface area contributed by atoms with E-state index in [-0.39, 0.29) is 76.1 Å². The molecule has 8 unspecified atom stereocenters. The van der Waals surface area contributed by atoms with Gasteiger partial charge in [-0.3, -0.25) is 28.8 Å². The molecule has 1 heterocycles. The van der Waals surface area contributed by atoms with Crippen molar-refractivity contribution in [3.05, 3.63) is 108 Å². The standard InChI is InChI=1S/C18H29BN4O5.C17H33BN4O5.C16H24BN3O6.C15H23BN2O5/c1-4-14(16(24)20-5-2)22-17(25)15(11-21-19(3)27)23-18(26)28-12-13-9-7-6-8-10-13;1-4-13(16(24)19-5-2)22-17(25)14(11-20-18(3)26)21-15(23)10-12-8-6-7-9-27-12;1-3-12(15(22)23)19-14(21)13(9-18-17(2)25)20-16(24)26-10-11-7-5-4-6-8-11;1-16(22)17-10-6-5-9-13(14(19)20)18-15(21)23-11-12-7-3-2-4-8-12/h6-10,14-15,21,27H,4-5,11-12H2,1-3H3,(H,20,24)(H,22,25)(H,23,26);12-14,20,26H,4-11H2,1-3H3,(H,19,24)(H,21,23)(H,22,25);4-8,12-13,18,25H,3,9-10H2,1-2H3,(H,19,21)(H,20,24)(H,22,23);2-4,7-8,13,17,22H,5-6,9-11H2,1H3,(H,18,21)(H,19,20). The molecule has 34 nitrogen and oxygen atoms in total. The summed E-state index contributed by atoms with van der Waals surface area (Å²) in [6.07, 6.45) is 3.18. The summed E-state index contributed by atoms with van der Waals surface area (Å²) < 4.78 is 20.8. The molecular weight excluding hydrogens is 1350 g/mol. The van der Waals surface area contributed by atoms with Crippen LogP contribution in [0.4, 0.5) is 14.4 Å². The third-order valence-corrected chi connectivity index (χ3v) is 14.8. The first-order valence-electron chi connectivity index (χ1n) is 35.0. The number of benzene rings is 3. The topological polar surface area (TPSA) is 502 Å². The zero-order chi connectivity index (χ0) is 77.8. The molecule has 576 valence electrons. The van der Waals surface area contributed by atoms with E-state index in [4.69, 9.17) is 34.2 Å². The fraction of sp³-hybridized carbons (Fsp3) is 0.561. The van der Waals surface area contributed by atoms with E-state index < -0.39 is 118 Å². The molecular formula is C66H109B4N13O21. The molecule has 3 aromatic rings. The number of carboxylic acid groups (broad SMARTS) is 2. The Morgan fingerprint density at radius 2 is 0.779 bits per heavy atom. The highest BCUT2D eigenvalue weighted by atomic mass is 16.6. The van der Waals surface area contributed by atoms with Crippen LogP contribution in [0.25, 0.3) is 0 Å². The second kappa shape index (κ2) is 55.6. The van der Waals surface area contributed by atoms with Gasteiger partial charge in [-0.2, -0.15) is 0 Å². The molecule has 0 bridgehead atoms. The number of nitrogens with one attached hydrogen (secondary N) is 13. The van der Waals surface area contributed by atoms with Gasteiger partial charge in [0, 0.05) is 39.3 Å². The molecule has 4 rings (SSSR count). The molecule has 1 aliphatic rings. The number of carbonyl (C=O) groups is 11. The molecule has 8 atom stereocenters. The molecule has 0 aliphatic carbocycles. The number of carboxylic acids is 2. The molecule has 0 aromatic heterocycles. The largest absolute Gasteiger partial charge is 0.480 e. The number of likely N-dealkylation sites (N-methyl/N-ethyl adjacent to an activating group) is 2. The summed E-state index contributed by atoms with van der Waals surface area (Å²) in [5, 5.41) is 89.0. The second-order valence-corrected chi connectivity index (χ2v) is 23.8. The first-order valence-corrected chi connectivity index (χ1v) is 35.0. The Bertz CT molecular complexity index is 2980. The zero-order valence-corrected chi connectivity index (χ0v) is 61.0. The van der Waals surface area contributed by atoms with Crippen molar-refractivity contribution >= 4 is 93.9 Å². The predicted molar refractivity (Wildman–Crippen MR) is 391 cm³/mol. The molecule has 38 heteroatoms. The Hall–Kier alpha value is -8.87. The summed E-state index contributed by atoms with van der Waals surface area (Å²) in [6, 6.07) is 20.8. The van der Waals surface area contributed by atoms with Gasteiger partial charge in [0.2, 0.25) is 35.4 Å². The van der Waals surface area contributed by atoms with Gasteiger partial charge in [0.05, 0.1) is 12.5 Å². The van der Waals surface area contributed by atoms with Gasteiger partial charge >= 0.3 is 58.4 Å². The molecule has 9 amide bonds. The van der Waals surface area contributed by atoms with Gasteiger partial charge in [-0.1, -0.05) is 112 Å². The van der Waals surface area contributed by atoms with Crippen LogP contribution < -0.4 is 68.8 Å². The minimum absolute atomic E-state index is 0.0254. The second-order valence-electron chi connectivity index (χ2n) is 23.8. The van der Waals surface area contributed by atoms with Crippen LogP contribution in [-0.2, 0) is 77.1 Å². The van der Waals surface area contributed by atoms with Crippen molar-refractivity contribution in [2.45, 2.75) is 194 Å². The molecule has 0 radical (unpaired) electrons. The van der Waals surface area contributed by atoms with Gasteiger partial charge in [0.15, 0.2) is 0 Å². The lowest BCUT2D eigenvalue weighted by Crippen LogP contribution is -2.57. The number of amides is 9. The number of aliphatic carboxylic acids is 2. The molecule has 1 saturated heterocycles. The number of alkyl carbamates (subject to hydrolysis) is 3. The van der Waals surface area contributed by atoms with Crippen molar-refractivity contribution in [1.82, 2.24) is 68.8 Å². The van der Waals surface area contributed by atoms with Crippen LogP contribution >= 0.6 is 0 Å². The Labute approximate surface area is 610 Å². The third kappa shape index (κ3) is 44.6. The van der Waals surface area contributed by atoms with Gasteiger partial charge in [-0.05, 0) is 122 Å². The fourth-order valence-electron chi connectivity index (χ4n) is 9.14. The summed E-state index contributed by atoms with van der Waals surface area (Å²) >= 11 is 0. The normalized spacial score (nSPS) is 14.0. The summed E-state index contributed by atoms with van der Waals surface area (Å²) in [4.78, 5) is 132. The molecule has 0 spiro atoms. The fourth-order valence-corrected chi connectivity index (χ4v) is 9.14. The number of hydrogen-bond acceptors (Lipinski definition) is 23. The molecule has 19 N–H and O–H groups in total. The van der Waals surface area contributed by atoms with E-state index in [1.54, 1.807) is 65.7 Å². The highest BCUT2D eigenvalue weighted by Gasteiger charge is 2.31. The van der Waals surface area contributed by atoms with E-state index in [1.807, 2.05) is 66.7 Å². The van der Waals surface area contributed by atoms with Crippen LogP contribution in [0, 0.1) is 0 Å². The monoisotopic (exact) mass is 1460 g/mol. The van der Waals surface area contributed by atoms with E-state index >= 15 is 0 Å². The number of rotatable bonds is 42. The van der Waals surface area contributed by atoms with Gasteiger partial charge in [0.25, 0.3) is 0 Å². The molecule has 0 saturated carbocycles. The van der Waals surface area contributed by atoms with Crippen LogP contribution in [0.15, 0.2) is 91.0 Å². The summed E-state index contributed by atoms with van der Waals surface area (Å²) in [7, 11) is -3.20. The molecule has 3 aromatic carbocycles. The number of ether oxygens (including phenoxy) is 4. The minimum atomic E-state index is -1.17. The average molecular weight is 1460 g/mol. The lowest BCUT2D eigenvalue weighted by Gasteiger charge is -2.25. The smallest absolute Gasteiger partial charge is 0.408 e. The van der Waals surface area contributed by atoms with Crippen molar-refractivity contribution in [2.24, 2.45) is 0 Å². The Morgan fingerprint density at radius 1 is 0.433 bits per heavy atom. The van der Waals surface area contributed by atoms with Gasteiger partial charge < -0.3 is 118 Å². The van der Waals surface area contributed by atoms with Crippen LogP contribution in [-0.4, -0.2) is 218 Å². The van der Waals surface area contributed by atoms with E-state index in [0.717, 1.165) is 36.0 Å². The van der Waals surface area contributed by atoms with Crippen molar-refractivity contribution in [3.8, 4) is 0 Å². The summed E-state index contributed by atoms with van der Waals surface area (Å²) in [5.41, 5.74) is 2.42. The van der Waals surface area contributed by atoms with E-state index in [9.17, 15) is 67.8 Å². The van der Waals surface area contributed by atoms with E-state index in [0.29, 0.717) is 58.3 Å². The maximum atomic E-state index is 12.6. The summed E-state index contributed by atoms with van der Waals surface area (Å²) in [6.45, 7) is 17.1. The summed E-state index contributed by atoms with van der Waals surface area (Å²) in [5.74, 6) is -4.84. The van der Waals surface area contributed by atoms with Gasteiger partial charge in [-0.25, -0.2) is 24.0 Å². The maximum Gasteiger partial charge on any atom is 0.408 e. The van der Waals surface area contributed by atoms with Crippen molar-refractivity contribution in [2.75, 3.05) is 45.9 Å². The van der Waals surface area contributed by atoms with Crippen LogP contribution in [0.5, 0.6) is 0 Å². The van der Waals surface area contributed by atoms with Crippen molar-refractivity contribution < 1.29 is 102 Å². The Balaban J connectivity index is 0.000000695. The molecule has 1 aliphatic heterocycles. The number of hydrogen-bond donors (Lipinski definition) is 19. The van der Waals surface area contributed by atoms with Gasteiger partial charge in [-0.15, -0.1) is 0 Å². The third-order valence-electron chi connectivity index (χ3n) is 14.8. The SMILES string of the molecule is CB(O)NCCCCC(NC(=O)OCc1ccccc1)C(=O)O.CCC(NC(=O)C(CNB(C)O)NC(=O)OCc1ccccc1)C(=O)O.CCNC(=O)C(CC)NC(=O)C(CNB(C)O)NC(=O)CC1CCCCO1.CCNC(=O)C(CC)NC(=O)C(CNB(C)O)NC(=O)OCc1ccccc1. The average Bonchev–Trinajstić information content (AvgIpc) is 0.926. The maximum absolute atomic E-state index is 12.6. The van der Waals surface area contributed by atoms with Crippen molar-refractivity contribution in [1.29, 1.82) is 0 Å². The molecule has 104 heavy (non-hydrogen) atoms. The lowest BCUT2D eigenvalue weighted by molar-refractivity contribution is -0.142. The zero-order valence-electron chi connectivity index (χ0n) is 61.0. The number of unbranched alkanes of at least 4 members (excludes halogenated alkanes) is 1. The van der Waals surface area contributed by atoms with Crippen LogP contribution in [0.1, 0.15) is 116 Å². The van der Waals surface area contributed by atoms with E-state index in [2.05, 4.69) is 68.8 Å². The predicted octanol–water partition coefficient (Wildman–Crippen LogP) is 0.370. The van der Waals surface area contributed by atoms with Crippen molar-refractivity contribution in [3.63, 3.8) is 0 Å². The molecule has 1 fully saturated rings. The Morgan fingerprint density at radius 3 is 1.10 bits per heavy atom. The highest BCUT2D eigenvalue weighted by Crippen LogP contribution is 2.16. The van der Waals surface area contributed by atoms with Crippen LogP contribution in [0.2, 0.25) is 27.3 Å². The number of carbonyl (C=O) groups excluding carboxylic acids is 9. The Kier molecular flexibility index (Phi) is 49.8. The minimum Gasteiger partial charge on any atom is -0.480 e. The first kappa shape index (κ1) is 93.1. The van der Waals surface area contributed by atoms with E-state index in [1.165, 1.54) is 20.5 Å². The van der Waals surface area contributed by atoms with Crippen LogP contribution in [0.3, 0.4) is 0 Å². The first-order chi connectivity index (χ1) is 49.5. The quantitative estimate of drug-likeness (QED) is 0.0207. The van der Waals surface area contributed by atoms with Gasteiger partial charge in [0.1, 0.15) is 62.1 Å².